The van der Waals surface area contributed by atoms with Gasteiger partial charge in [0.2, 0.25) is 0 Å². The number of nitrogens with zero attached hydrogens (tertiary/aromatic N) is 1. The average molecular weight is 444 g/mol. The maximum atomic E-state index is 13.5. The molecule has 0 spiro atoms. The van der Waals surface area contributed by atoms with Gasteiger partial charge in [0.05, 0.1) is 0 Å². The van der Waals surface area contributed by atoms with Gasteiger partial charge in [0, 0.05) is 40.1 Å². The highest BCUT2D eigenvalue weighted by Crippen LogP contribution is 2.36. The van der Waals surface area contributed by atoms with Gasteiger partial charge in [-0.1, -0.05) is 70.4 Å². The Balaban J connectivity index is 2.01. The molecule has 4 aromatic rings. The second kappa shape index (κ2) is 9.78. The summed E-state index contributed by atoms with van der Waals surface area (Å²) in [6.45, 7) is 8.83. The molecule has 4 heteroatoms. The minimum absolute atomic E-state index is 0.192. The van der Waals surface area contributed by atoms with Crippen molar-refractivity contribution < 1.29 is 4.42 Å². The topological polar surface area (TPSA) is 52.2 Å². The van der Waals surface area contributed by atoms with Gasteiger partial charge in [-0.15, -0.1) is 0 Å². The van der Waals surface area contributed by atoms with E-state index in [0.29, 0.717) is 28.8 Å². The van der Waals surface area contributed by atoms with Crippen LogP contribution in [-0.2, 0) is 13.0 Å². The van der Waals surface area contributed by atoms with Crippen molar-refractivity contribution in [2.24, 2.45) is 5.92 Å². The van der Waals surface area contributed by atoms with Gasteiger partial charge >= 0.3 is 0 Å². The number of hydrogen-bond donors (Lipinski definition) is 0. The highest BCUT2D eigenvalue weighted by Gasteiger charge is 2.21. The summed E-state index contributed by atoms with van der Waals surface area (Å²) in [7, 11) is 0. The molecular formula is C29H33NO3. The van der Waals surface area contributed by atoms with Crippen LogP contribution in [-0.4, -0.2) is 4.57 Å². The molecule has 0 bridgehead atoms. The van der Waals surface area contributed by atoms with Gasteiger partial charge in [-0.3, -0.25) is 14.2 Å². The van der Waals surface area contributed by atoms with E-state index in [4.69, 9.17) is 4.42 Å². The lowest BCUT2D eigenvalue weighted by molar-refractivity contribution is 0.382. The minimum Gasteiger partial charge on any atom is -0.460 e. The van der Waals surface area contributed by atoms with Crippen molar-refractivity contribution in [3.8, 4) is 0 Å². The van der Waals surface area contributed by atoms with Gasteiger partial charge in [-0.2, -0.15) is 0 Å². The van der Waals surface area contributed by atoms with Gasteiger partial charge in [-0.05, 0) is 42.8 Å². The van der Waals surface area contributed by atoms with Crippen molar-refractivity contribution >= 4 is 38.6 Å². The zero-order valence-electron chi connectivity index (χ0n) is 20.1. The molecule has 0 aliphatic carbocycles. The number of unbranched alkanes of at least 4 members (excludes halogenated alkanes) is 1. The molecular weight excluding hydrogens is 410 g/mol. The summed E-state index contributed by atoms with van der Waals surface area (Å²) in [6.07, 6.45) is 13.0. The lowest BCUT2D eigenvalue weighted by Gasteiger charge is -2.18. The van der Waals surface area contributed by atoms with Crippen LogP contribution in [0.5, 0.6) is 0 Å². The largest absolute Gasteiger partial charge is 0.460 e. The maximum Gasteiger partial charge on any atom is 0.261 e. The number of hydrogen-bond acceptors (Lipinski definition) is 3. The van der Waals surface area contributed by atoms with Crippen molar-refractivity contribution in [2.75, 3.05) is 0 Å². The zero-order valence-corrected chi connectivity index (χ0v) is 20.1. The minimum atomic E-state index is -0.192. The molecule has 2 aromatic carbocycles. The summed E-state index contributed by atoms with van der Waals surface area (Å²) >= 11 is 0. The number of aryl methyl sites for hydroxylation is 1. The first-order chi connectivity index (χ1) is 16.0. The Bertz CT molecular complexity index is 1420. The summed E-state index contributed by atoms with van der Waals surface area (Å²) in [5, 5.41) is 3.79. The molecule has 2 aromatic heterocycles. The van der Waals surface area contributed by atoms with Gasteiger partial charge in [-0.25, -0.2) is 0 Å². The Labute approximate surface area is 194 Å². The molecule has 0 amide bonds. The maximum absolute atomic E-state index is 13.5. The molecule has 0 saturated heterocycles. The number of allylic oxidation sites excluding steroid dienone is 3. The Morgan fingerprint density at radius 1 is 0.939 bits per heavy atom. The molecule has 0 saturated carbocycles. The van der Waals surface area contributed by atoms with Crippen molar-refractivity contribution in [3.63, 3.8) is 0 Å². The summed E-state index contributed by atoms with van der Waals surface area (Å²) in [6, 6.07) is 7.61. The molecule has 0 fully saturated rings. The molecule has 1 atom stereocenters. The van der Waals surface area contributed by atoms with E-state index in [1.807, 2.05) is 55.5 Å². The number of aromatic nitrogens is 1. The van der Waals surface area contributed by atoms with Gasteiger partial charge in [0.15, 0.2) is 0 Å². The smallest absolute Gasteiger partial charge is 0.261 e. The van der Waals surface area contributed by atoms with Crippen LogP contribution in [0.4, 0.5) is 0 Å². The number of rotatable bonds is 9. The normalized spacial score (nSPS) is 13.5. The van der Waals surface area contributed by atoms with E-state index in [1.165, 1.54) is 4.57 Å². The van der Waals surface area contributed by atoms with Crippen LogP contribution in [0, 0.1) is 5.92 Å². The van der Waals surface area contributed by atoms with Crippen LogP contribution in [0.3, 0.4) is 0 Å². The van der Waals surface area contributed by atoms with Crippen LogP contribution in [0.2, 0.25) is 0 Å². The quantitative estimate of drug-likeness (QED) is 0.205. The molecule has 0 aliphatic heterocycles. The van der Waals surface area contributed by atoms with Crippen molar-refractivity contribution in [3.05, 3.63) is 74.5 Å². The van der Waals surface area contributed by atoms with Crippen LogP contribution in [0.15, 0.2) is 56.5 Å². The Morgan fingerprint density at radius 2 is 1.64 bits per heavy atom. The van der Waals surface area contributed by atoms with E-state index in [2.05, 4.69) is 20.8 Å². The molecule has 0 aliphatic rings. The molecule has 4 rings (SSSR count). The summed E-state index contributed by atoms with van der Waals surface area (Å²) < 4.78 is 7.73. The van der Waals surface area contributed by atoms with Crippen LogP contribution in [0.1, 0.15) is 64.7 Å². The highest BCUT2D eigenvalue weighted by molar-refractivity contribution is 6.22. The van der Waals surface area contributed by atoms with Gasteiger partial charge in [0.25, 0.3) is 11.1 Å². The first kappa shape index (κ1) is 23.0. The van der Waals surface area contributed by atoms with Crippen molar-refractivity contribution in [1.82, 2.24) is 4.57 Å². The second-order valence-corrected chi connectivity index (χ2v) is 8.84. The standard InChI is InChI=1S/C29H33NO3/c1-5-9-11-13-20-21-14-15-22-26-23(16-17-25(27(21)26)33-24(20)8-4)29(32)30(28(22)31)18-19(7-3)12-10-6-2/h5,9,11,13-17,19H,6-8,10,12,18H2,1-4H3/b9-5-,13-11-. The van der Waals surface area contributed by atoms with E-state index < -0.39 is 0 Å². The fourth-order valence-electron chi connectivity index (χ4n) is 4.90. The van der Waals surface area contributed by atoms with Crippen molar-refractivity contribution in [1.29, 1.82) is 0 Å². The fourth-order valence-corrected chi connectivity index (χ4v) is 4.90. The molecule has 1 unspecified atom stereocenters. The SMILES string of the molecule is C/C=C\C=C/c1c(CC)oc2ccc3c(=O)n(CC(CC)CCCC)c(=O)c4ccc1c2c34. The predicted molar refractivity (Wildman–Crippen MR) is 139 cm³/mol. The van der Waals surface area contributed by atoms with Crippen LogP contribution >= 0.6 is 0 Å². The van der Waals surface area contributed by atoms with Gasteiger partial charge in [0.1, 0.15) is 11.3 Å². The van der Waals surface area contributed by atoms with Crippen LogP contribution in [0.25, 0.3) is 38.6 Å². The lowest BCUT2D eigenvalue weighted by atomic mass is 9.94. The molecule has 0 N–H and O–H groups in total. The molecule has 172 valence electrons. The highest BCUT2D eigenvalue weighted by atomic mass is 16.3. The molecule has 33 heavy (non-hydrogen) atoms. The monoisotopic (exact) mass is 443 g/mol. The van der Waals surface area contributed by atoms with Gasteiger partial charge < -0.3 is 4.42 Å². The third kappa shape index (κ3) is 4.03. The predicted octanol–water partition coefficient (Wildman–Crippen LogP) is 7.07. The first-order valence-electron chi connectivity index (χ1n) is 12.2. The fraction of sp³-hybridized carbons (Fsp3) is 0.379. The second-order valence-electron chi connectivity index (χ2n) is 8.84. The molecule has 4 nitrogen and oxygen atoms in total. The average Bonchev–Trinajstić information content (AvgIpc) is 2.84. The van der Waals surface area contributed by atoms with E-state index in [9.17, 15) is 9.59 Å². The van der Waals surface area contributed by atoms with Crippen molar-refractivity contribution in [2.45, 2.75) is 66.3 Å². The summed E-state index contributed by atoms with van der Waals surface area (Å²) in [5.74, 6) is 1.22. The Kier molecular flexibility index (Phi) is 6.83. The first-order valence-corrected chi connectivity index (χ1v) is 12.2. The zero-order chi connectivity index (χ0) is 23.5. The van der Waals surface area contributed by atoms with E-state index >= 15 is 0 Å². The molecule has 0 radical (unpaired) electrons. The summed E-state index contributed by atoms with van der Waals surface area (Å²) in [4.78, 5) is 27.0. The third-order valence-electron chi connectivity index (χ3n) is 6.77. The number of benzene rings is 2. The molecule has 2 heterocycles. The Morgan fingerprint density at radius 3 is 2.27 bits per heavy atom. The number of pyridine rings is 1. The third-order valence-corrected chi connectivity index (χ3v) is 6.77. The summed E-state index contributed by atoms with van der Waals surface area (Å²) in [5.41, 5.74) is 1.33. The van der Waals surface area contributed by atoms with E-state index in [-0.39, 0.29) is 11.1 Å². The van der Waals surface area contributed by atoms with Crippen LogP contribution < -0.4 is 11.1 Å². The Hall–Kier alpha value is -3.14. The lowest BCUT2D eigenvalue weighted by Crippen LogP contribution is -2.35. The van der Waals surface area contributed by atoms with E-state index in [1.54, 1.807) is 0 Å². The van der Waals surface area contributed by atoms with E-state index in [0.717, 1.165) is 59.6 Å².